The average molecular weight is 545 g/mol. The van der Waals surface area contributed by atoms with Crippen molar-refractivity contribution in [2.45, 2.75) is 25.6 Å². The molecule has 0 aromatic heterocycles. The van der Waals surface area contributed by atoms with Gasteiger partial charge in [0.2, 0.25) is 0 Å². The molecule has 0 radical (unpaired) electrons. The van der Waals surface area contributed by atoms with Gasteiger partial charge in [-0.1, -0.05) is 30.0 Å². The third-order valence-corrected chi connectivity index (χ3v) is 7.20. The van der Waals surface area contributed by atoms with E-state index >= 15 is 0 Å². The molecule has 7 nitrogen and oxygen atoms in total. The van der Waals surface area contributed by atoms with Crippen LogP contribution < -0.4 is 4.90 Å². The second-order valence-corrected chi connectivity index (χ2v) is 9.75. The summed E-state index contributed by atoms with van der Waals surface area (Å²) in [7, 11) is 0. The first-order valence-corrected chi connectivity index (χ1v) is 12.9. The van der Waals surface area contributed by atoms with Crippen LogP contribution in [0.3, 0.4) is 0 Å². The molecule has 1 N–H and O–H groups in total. The maximum Gasteiger partial charge on any atom is 0.417 e. The van der Waals surface area contributed by atoms with Crippen molar-refractivity contribution in [3.05, 3.63) is 77.4 Å². The molecular formula is C27H25F3N3O4S-. The van der Waals surface area contributed by atoms with Crippen molar-refractivity contribution in [3.63, 3.8) is 0 Å². The Hall–Kier alpha value is -3.43. The minimum atomic E-state index is -4.45. The monoisotopic (exact) mass is 544 g/mol. The lowest BCUT2D eigenvalue weighted by atomic mass is 10.0. The Labute approximate surface area is 220 Å². The van der Waals surface area contributed by atoms with E-state index in [0.29, 0.717) is 42.7 Å². The van der Waals surface area contributed by atoms with Gasteiger partial charge in [-0.25, -0.2) is 5.01 Å². The van der Waals surface area contributed by atoms with E-state index in [2.05, 4.69) is 16.7 Å². The third-order valence-electron chi connectivity index (χ3n) is 6.31. The lowest BCUT2D eigenvalue weighted by Crippen LogP contribution is -2.57. The number of piperazine rings is 1. The SMILES string of the molecule is CC(CC(=O)O)N(N1CCN(c2ccc(C#Cc3ccc4cccc(C(F)(F)F)c4c3)cc2)CC1)S(=O)[O-]. The van der Waals surface area contributed by atoms with E-state index in [1.54, 1.807) is 30.1 Å². The molecule has 0 bridgehead atoms. The normalized spacial score (nSPS) is 16.2. The number of aliphatic carboxylic acids is 1. The van der Waals surface area contributed by atoms with Gasteiger partial charge in [0.15, 0.2) is 0 Å². The summed E-state index contributed by atoms with van der Waals surface area (Å²) in [5.74, 6) is 4.87. The fraction of sp³-hybridized carbons (Fsp3) is 0.296. The summed E-state index contributed by atoms with van der Waals surface area (Å²) in [6, 6.07) is 15.6. The van der Waals surface area contributed by atoms with Gasteiger partial charge in [0.05, 0.1) is 12.0 Å². The minimum Gasteiger partial charge on any atom is -0.759 e. The quantitative estimate of drug-likeness (QED) is 0.369. The topological polar surface area (TPSA) is 87.2 Å². The molecule has 0 spiro atoms. The first-order valence-electron chi connectivity index (χ1n) is 11.8. The molecule has 11 heteroatoms. The molecule has 2 atom stereocenters. The smallest absolute Gasteiger partial charge is 0.417 e. The first-order chi connectivity index (χ1) is 18.0. The molecule has 1 fully saturated rings. The van der Waals surface area contributed by atoms with Crippen LogP contribution in [0.25, 0.3) is 10.8 Å². The van der Waals surface area contributed by atoms with Gasteiger partial charge in [0.25, 0.3) is 0 Å². The van der Waals surface area contributed by atoms with E-state index in [1.165, 1.54) is 12.1 Å². The Morgan fingerprint density at radius 3 is 2.29 bits per heavy atom. The second kappa shape index (κ2) is 11.5. The summed E-state index contributed by atoms with van der Waals surface area (Å²) in [6.45, 7) is 3.44. The number of nitrogens with zero attached hydrogens (tertiary/aromatic N) is 3. The van der Waals surface area contributed by atoms with Gasteiger partial charge in [-0.05, 0) is 60.2 Å². The number of carboxylic acids is 1. The fourth-order valence-corrected chi connectivity index (χ4v) is 5.22. The van der Waals surface area contributed by atoms with Crippen molar-refractivity contribution in [3.8, 4) is 11.8 Å². The number of carboxylic acid groups (broad SMARTS) is 1. The Morgan fingerprint density at radius 2 is 1.68 bits per heavy atom. The van der Waals surface area contributed by atoms with Crippen LogP contribution in [0.5, 0.6) is 0 Å². The van der Waals surface area contributed by atoms with Gasteiger partial charge in [-0.2, -0.15) is 17.6 Å². The van der Waals surface area contributed by atoms with E-state index in [9.17, 15) is 26.7 Å². The molecule has 4 rings (SSSR count). The van der Waals surface area contributed by atoms with Crippen LogP contribution in [0.4, 0.5) is 18.9 Å². The number of hydrogen-bond acceptors (Lipinski definition) is 5. The zero-order valence-electron chi connectivity index (χ0n) is 20.4. The Kier molecular flexibility index (Phi) is 8.38. The van der Waals surface area contributed by atoms with E-state index in [0.717, 1.165) is 16.2 Å². The van der Waals surface area contributed by atoms with Crippen molar-refractivity contribution in [1.29, 1.82) is 0 Å². The number of rotatable bonds is 6. The van der Waals surface area contributed by atoms with Crippen molar-refractivity contribution in [2.75, 3.05) is 31.1 Å². The van der Waals surface area contributed by atoms with Crippen molar-refractivity contribution in [1.82, 2.24) is 9.42 Å². The maximum absolute atomic E-state index is 13.4. The van der Waals surface area contributed by atoms with Crippen molar-refractivity contribution in [2.24, 2.45) is 0 Å². The predicted molar refractivity (Wildman–Crippen MR) is 138 cm³/mol. The summed E-state index contributed by atoms with van der Waals surface area (Å²) in [5, 5.41) is 11.3. The zero-order chi connectivity index (χ0) is 27.4. The molecule has 0 saturated carbocycles. The van der Waals surface area contributed by atoms with Gasteiger partial charge in [-0.3, -0.25) is 9.00 Å². The average Bonchev–Trinajstić information content (AvgIpc) is 2.86. The van der Waals surface area contributed by atoms with Gasteiger partial charge >= 0.3 is 12.1 Å². The minimum absolute atomic E-state index is 0.109. The lowest BCUT2D eigenvalue weighted by molar-refractivity contribution is -0.139. The Morgan fingerprint density at radius 1 is 1.05 bits per heavy atom. The Balaban J connectivity index is 1.43. The molecule has 1 saturated heterocycles. The van der Waals surface area contributed by atoms with Crippen molar-refractivity contribution < 1.29 is 31.8 Å². The lowest BCUT2D eigenvalue weighted by Gasteiger charge is -2.44. The maximum atomic E-state index is 13.4. The summed E-state index contributed by atoms with van der Waals surface area (Å²) < 4.78 is 64.6. The van der Waals surface area contributed by atoms with Crippen LogP contribution in [0.15, 0.2) is 60.7 Å². The molecule has 38 heavy (non-hydrogen) atoms. The van der Waals surface area contributed by atoms with Gasteiger partial charge < -0.3 is 14.6 Å². The number of halogens is 3. The first kappa shape index (κ1) is 27.6. The predicted octanol–water partition coefficient (Wildman–Crippen LogP) is 4.25. The number of alkyl halides is 3. The van der Waals surface area contributed by atoms with Gasteiger partial charge in [0.1, 0.15) is 0 Å². The molecular weight excluding hydrogens is 519 g/mol. The van der Waals surface area contributed by atoms with Gasteiger partial charge in [-0.15, -0.1) is 0 Å². The molecule has 1 heterocycles. The van der Waals surface area contributed by atoms with Crippen LogP contribution in [0, 0.1) is 11.8 Å². The highest BCUT2D eigenvalue weighted by Crippen LogP contribution is 2.35. The zero-order valence-corrected chi connectivity index (χ0v) is 21.3. The number of anilines is 1. The van der Waals surface area contributed by atoms with Gasteiger partial charge in [0, 0.05) is 60.3 Å². The molecule has 0 amide bonds. The van der Waals surface area contributed by atoms with Crippen LogP contribution in [0.2, 0.25) is 0 Å². The highest BCUT2D eigenvalue weighted by molar-refractivity contribution is 7.76. The van der Waals surface area contributed by atoms with Crippen LogP contribution in [-0.2, 0) is 22.2 Å². The number of fused-ring (bicyclic) bond motifs is 1. The molecule has 3 aromatic carbocycles. The third kappa shape index (κ3) is 6.52. The number of hydrazine groups is 1. The summed E-state index contributed by atoms with van der Waals surface area (Å²) in [6.07, 6.45) is -4.74. The number of carbonyl (C=O) groups is 1. The summed E-state index contributed by atoms with van der Waals surface area (Å²) in [4.78, 5) is 13.1. The van der Waals surface area contributed by atoms with Crippen LogP contribution >= 0.6 is 0 Å². The van der Waals surface area contributed by atoms with E-state index in [4.69, 9.17) is 5.11 Å². The van der Waals surface area contributed by atoms with E-state index in [1.807, 2.05) is 24.3 Å². The van der Waals surface area contributed by atoms with Crippen molar-refractivity contribution >= 4 is 33.7 Å². The molecule has 200 valence electrons. The number of hydrogen-bond donors (Lipinski definition) is 1. The fourth-order valence-electron chi connectivity index (χ4n) is 4.50. The molecule has 1 aliphatic heterocycles. The van der Waals surface area contributed by atoms with E-state index in [-0.39, 0.29) is 11.8 Å². The van der Waals surface area contributed by atoms with E-state index < -0.39 is 35.0 Å². The molecule has 1 aliphatic rings. The molecule has 3 aromatic rings. The summed E-state index contributed by atoms with van der Waals surface area (Å²) >= 11 is -2.58. The summed E-state index contributed by atoms with van der Waals surface area (Å²) in [5.41, 5.74) is 1.41. The largest absolute Gasteiger partial charge is 0.759 e. The standard InChI is InChI=1S/C27H26F3N3O4S/c1-19(17-26(34)35)33(38(36)37)32-15-13-31(14-16-32)23-11-8-20(9-12-23)5-6-21-7-10-22-3-2-4-25(24(22)18-21)27(28,29)30/h2-4,7-12,18-19H,13-17H2,1H3,(H,34,35)(H,36,37)/p-1. The molecule has 2 unspecified atom stereocenters. The number of benzene rings is 3. The van der Waals surface area contributed by atoms with Crippen LogP contribution in [0.1, 0.15) is 30.0 Å². The highest BCUT2D eigenvalue weighted by atomic mass is 32.2. The highest BCUT2D eigenvalue weighted by Gasteiger charge is 2.32. The van der Waals surface area contributed by atoms with Crippen LogP contribution in [-0.4, -0.2) is 61.5 Å². The molecule has 0 aliphatic carbocycles. The second-order valence-electron chi connectivity index (χ2n) is 8.94. The Bertz CT molecular complexity index is 1390.